The summed E-state index contributed by atoms with van der Waals surface area (Å²) in [6, 6.07) is 7.31. The first-order valence-corrected chi connectivity index (χ1v) is 8.44. The van der Waals surface area contributed by atoms with Crippen molar-refractivity contribution >= 4 is 0 Å². The lowest BCUT2D eigenvalue weighted by atomic mass is 9.69. The summed E-state index contributed by atoms with van der Waals surface area (Å²) in [7, 11) is 0. The number of hydrogen-bond donors (Lipinski definition) is 0. The van der Waals surface area contributed by atoms with Gasteiger partial charge >= 0.3 is 0 Å². The molecule has 0 aliphatic carbocycles. The summed E-state index contributed by atoms with van der Waals surface area (Å²) in [5.74, 6) is -0.121. The molecule has 0 radical (unpaired) electrons. The minimum absolute atomic E-state index is 0.121. The summed E-state index contributed by atoms with van der Waals surface area (Å²) in [6.07, 6.45) is 11.3. The van der Waals surface area contributed by atoms with Gasteiger partial charge in [0, 0.05) is 0 Å². The Kier molecular flexibility index (Phi) is 7.87. The molecule has 0 atom stereocenters. The van der Waals surface area contributed by atoms with Crippen LogP contribution >= 0.6 is 0 Å². The molecule has 0 aliphatic rings. The molecule has 1 aromatic rings. The molecule has 1 aromatic carbocycles. The van der Waals surface area contributed by atoms with Crippen LogP contribution in [0.2, 0.25) is 0 Å². The highest BCUT2D eigenvalue weighted by Gasteiger charge is 2.30. The molecule has 0 aliphatic heterocycles. The van der Waals surface area contributed by atoms with Gasteiger partial charge in [0.15, 0.2) is 0 Å². The van der Waals surface area contributed by atoms with Crippen LogP contribution in [0, 0.1) is 5.82 Å². The van der Waals surface area contributed by atoms with E-state index in [1.165, 1.54) is 63.4 Å². The Morgan fingerprint density at radius 3 is 1.50 bits per heavy atom. The van der Waals surface area contributed by atoms with Gasteiger partial charge in [-0.1, -0.05) is 71.4 Å². The van der Waals surface area contributed by atoms with E-state index in [0.29, 0.717) is 0 Å². The highest BCUT2D eigenvalue weighted by Crippen LogP contribution is 2.40. The first kappa shape index (κ1) is 17.2. The number of unbranched alkanes of at least 4 members (excludes halogenated alkanes) is 3. The summed E-state index contributed by atoms with van der Waals surface area (Å²) >= 11 is 0. The first-order valence-electron chi connectivity index (χ1n) is 8.44. The summed E-state index contributed by atoms with van der Waals surface area (Å²) in [5.41, 5.74) is 1.63. The average molecular weight is 278 g/mol. The molecule has 0 spiro atoms. The normalized spacial score (nSPS) is 11.8. The van der Waals surface area contributed by atoms with Crippen LogP contribution in [-0.4, -0.2) is 0 Å². The van der Waals surface area contributed by atoms with E-state index in [1.807, 2.05) is 12.1 Å². The molecular weight excluding hydrogens is 247 g/mol. The van der Waals surface area contributed by atoms with Gasteiger partial charge in [-0.15, -0.1) is 0 Å². The van der Waals surface area contributed by atoms with Gasteiger partial charge in [-0.25, -0.2) is 4.39 Å². The molecule has 114 valence electrons. The molecule has 0 N–H and O–H groups in total. The largest absolute Gasteiger partial charge is 0.207 e. The number of rotatable bonds is 10. The van der Waals surface area contributed by atoms with Gasteiger partial charge in [-0.3, -0.25) is 0 Å². The van der Waals surface area contributed by atoms with Crippen LogP contribution in [0.25, 0.3) is 0 Å². The van der Waals surface area contributed by atoms with Gasteiger partial charge in [0.25, 0.3) is 0 Å². The van der Waals surface area contributed by atoms with Crippen LogP contribution in [0.3, 0.4) is 0 Å². The van der Waals surface area contributed by atoms with Gasteiger partial charge in [0.05, 0.1) is 0 Å². The van der Waals surface area contributed by atoms with E-state index < -0.39 is 0 Å². The number of hydrogen-bond acceptors (Lipinski definition) is 0. The minimum Gasteiger partial charge on any atom is -0.207 e. The highest BCUT2D eigenvalue weighted by molar-refractivity contribution is 5.26. The van der Waals surface area contributed by atoms with Crippen molar-refractivity contribution in [2.45, 2.75) is 84.0 Å². The van der Waals surface area contributed by atoms with Gasteiger partial charge in [0.2, 0.25) is 0 Å². The van der Waals surface area contributed by atoms with Crippen molar-refractivity contribution in [3.8, 4) is 0 Å². The van der Waals surface area contributed by atoms with Gasteiger partial charge in [-0.2, -0.15) is 0 Å². The third-order valence-electron chi connectivity index (χ3n) is 4.48. The molecule has 1 rings (SSSR count). The molecule has 0 saturated heterocycles. The van der Waals surface area contributed by atoms with Crippen molar-refractivity contribution in [1.82, 2.24) is 0 Å². The van der Waals surface area contributed by atoms with Crippen molar-refractivity contribution < 1.29 is 4.39 Å². The molecule has 0 fully saturated rings. The molecule has 0 heterocycles. The molecule has 1 heteroatoms. The third kappa shape index (κ3) is 4.92. The van der Waals surface area contributed by atoms with Gasteiger partial charge in [0.1, 0.15) is 5.82 Å². The predicted molar refractivity (Wildman–Crippen MR) is 86.7 cm³/mol. The SMILES string of the molecule is CCCCC(CCCC)(CCCC)c1ccc(F)cc1. The first-order chi connectivity index (χ1) is 9.68. The van der Waals surface area contributed by atoms with Crippen molar-refractivity contribution in [3.05, 3.63) is 35.6 Å². The Labute approximate surface area is 124 Å². The van der Waals surface area contributed by atoms with Gasteiger partial charge < -0.3 is 0 Å². The number of benzene rings is 1. The Balaban J connectivity index is 3.00. The molecule has 0 nitrogen and oxygen atoms in total. The van der Waals surface area contributed by atoms with Crippen LogP contribution < -0.4 is 0 Å². The monoisotopic (exact) mass is 278 g/mol. The second-order valence-corrected chi connectivity index (χ2v) is 6.10. The highest BCUT2D eigenvalue weighted by atomic mass is 19.1. The van der Waals surface area contributed by atoms with Gasteiger partial charge in [-0.05, 0) is 42.4 Å². The zero-order valence-corrected chi connectivity index (χ0v) is 13.6. The molecule has 0 amide bonds. The van der Waals surface area contributed by atoms with E-state index in [0.717, 1.165) is 0 Å². The van der Waals surface area contributed by atoms with E-state index in [4.69, 9.17) is 0 Å². The van der Waals surface area contributed by atoms with Crippen LogP contribution in [0.4, 0.5) is 4.39 Å². The maximum atomic E-state index is 13.2. The fraction of sp³-hybridized carbons (Fsp3) is 0.684. The Morgan fingerprint density at radius 2 is 1.15 bits per heavy atom. The summed E-state index contributed by atoms with van der Waals surface area (Å²) in [4.78, 5) is 0. The lowest BCUT2D eigenvalue weighted by molar-refractivity contribution is 0.309. The molecule has 0 aromatic heterocycles. The van der Waals surface area contributed by atoms with Crippen molar-refractivity contribution in [3.63, 3.8) is 0 Å². The average Bonchev–Trinajstić information content (AvgIpc) is 2.48. The third-order valence-corrected chi connectivity index (χ3v) is 4.48. The number of halogens is 1. The maximum Gasteiger partial charge on any atom is 0.123 e. The second kappa shape index (κ2) is 9.15. The van der Waals surface area contributed by atoms with E-state index in [2.05, 4.69) is 20.8 Å². The zero-order valence-electron chi connectivity index (χ0n) is 13.6. The van der Waals surface area contributed by atoms with Crippen LogP contribution in [-0.2, 0) is 5.41 Å². The van der Waals surface area contributed by atoms with E-state index in [9.17, 15) is 4.39 Å². The van der Waals surface area contributed by atoms with Crippen molar-refractivity contribution in [2.75, 3.05) is 0 Å². The van der Waals surface area contributed by atoms with Crippen molar-refractivity contribution in [1.29, 1.82) is 0 Å². The summed E-state index contributed by atoms with van der Waals surface area (Å²) in [6.45, 7) is 6.78. The van der Waals surface area contributed by atoms with E-state index in [1.54, 1.807) is 12.1 Å². The van der Waals surface area contributed by atoms with E-state index >= 15 is 0 Å². The molecule has 0 bridgehead atoms. The Bertz CT molecular complexity index is 331. The molecule has 0 saturated carbocycles. The lowest BCUT2D eigenvalue weighted by Crippen LogP contribution is -2.26. The topological polar surface area (TPSA) is 0 Å². The quantitative estimate of drug-likeness (QED) is 0.450. The fourth-order valence-electron chi connectivity index (χ4n) is 3.16. The van der Waals surface area contributed by atoms with Crippen LogP contribution in [0.1, 0.15) is 84.1 Å². The summed E-state index contributed by atoms with van der Waals surface area (Å²) < 4.78 is 13.2. The fourth-order valence-corrected chi connectivity index (χ4v) is 3.16. The predicted octanol–water partition coefficient (Wildman–Crippen LogP) is 6.63. The molecular formula is C19H31F. The standard InChI is InChI=1S/C19H31F/c1-4-7-14-19(15-8-5-2,16-9-6-3)17-10-12-18(20)13-11-17/h10-13H,4-9,14-16H2,1-3H3. The van der Waals surface area contributed by atoms with Crippen molar-refractivity contribution in [2.24, 2.45) is 0 Å². The Hall–Kier alpha value is -0.850. The smallest absolute Gasteiger partial charge is 0.123 e. The maximum absolute atomic E-state index is 13.2. The lowest BCUT2D eigenvalue weighted by Gasteiger charge is -2.35. The van der Waals surface area contributed by atoms with E-state index in [-0.39, 0.29) is 11.2 Å². The zero-order chi connectivity index (χ0) is 14.8. The van der Waals surface area contributed by atoms with Crippen LogP contribution in [0.15, 0.2) is 24.3 Å². The minimum atomic E-state index is -0.121. The molecule has 0 unspecified atom stereocenters. The van der Waals surface area contributed by atoms with Crippen LogP contribution in [0.5, 0.6) is 0 Å². The second-order valence-electron chi connectivity index (χ2n) is 6.10. The molecule has 20 heavy (non-hydrogen) atoms. The summed E-state index contributed by atoms with van der Waals surface area (Å²) in [5, 5.41) is 0. The Morgan fingerprint density at radius 1 is 0.750 bits per heavy atom.